The first-order chi connectivity index (χ1) is 8.78. The molecule has 0 spiro atoms. The molecule has 0 amide bonds. The van der Waals surface area contributed by atoms with E-state index in [0.717, 1.165) is 16.4 Å². The molecule has 0 bridgehead atoms. The van der Waals surface area contributed by atoms with Crippen molar-refractivity contribution in [3.05, 3.63) is 30.1 Å². The third kappa shape index (κ3) is 3.74. The van der Waals surface area contributed by atoms with Crippen LogP contribution in [0.5, 0.6) is 0 Å². The lowest BCUT2D eigenvalue weighted by atomic mass is 10.2. The van der Waals surface area contributed by atoms with Gasteiger partial charge in [0.25, 0.3) is 0 Å². The molecule has 1 aromatic rings. The highest BCUT2D eigenvalue weighted by Gasteiger charge is 2.28. The number of halogens is 1. The maximum absolute atomic E-state index is 12.8. The molecule has 0 fully saturated rings. The molecule has 0 saturated heterocycles. The van der Waals surface area contributed by atoms with Crippen molar-refractivity contribution in [2.24, 2.45) is 0 Å². The van der Waals surface area contributed by atoms with Gasteiger partial charge >= 0.3 is 5.97 Å². The first-order valence-electron chi connectivity index (χ1n) is 5.78. The molecule has 19 heavy (non-hydrogen) atoms. The Balaban J connectivity index is 3.08. The van der Waals surface area contributed by atoms with E-state index < -0.39 is 27.9 Å². The number of carbonyl (C=O) groups is 1. The lowest BCUT2D eigenvalue weighted by Gasteiger charge is -2.26. The third-order valence-electron chi connectivity index (χ3n) is 2.69. The Labute approximate surface area is 111 Å². The van der Waals surface area contributed by atoms with Crippen molar-refractivity contribution in [1.82, 2.24) is 4.31 Å². The highest BCUT2D eigenvalue weighted by Crippen LogP contribution is 2.19. The van der Waals surface area contributed by atoms with Crippen molar-refractivity contribution >= 4 is 16.0 Å². The predicted octanol–water partition coefficient (Wildman–Crippen LogP) is 1.70. The lowest BCUT2D eigenvalue weighted by Crippen LogP contribution is -2.39. The van der Waals surface area contributed by atoms with Gasteiger partial charge in [0, 0.05) is 12.6 Å². The van der Waals surface area contributed by atoms with Gasteiger partial charge in [0.1, 0.15) is 5.82 Å². The fourth-order valence-electron chi connectivity index (χ4n) is 1.82. The molecular formula is C12H16FNO4S. The number of carboxylic acid groups (broad SMARTS) is 1. The van der Waals surface area contributed by atoms with Crippen LogP contribution in [0.1, 0.15) is 20.3 Å². The summed E-state index contributed by atoms with van der Waals surface area (Å²) in [6.07, 6.45) is -0.283. The van der Waals surface area contributed by atoms with E-state index in [-0.39, 0.29) is 17.9 Å². The van der Waals surface area contributed by atoms with Crippen LogP contribution in [0.15, 0.2) is 29.2 Å². The zero-order valence-corrected chi connectivity index (χ0v) is 11.5. The summed E-state index contributed by atoms with van der Waals surface area (Å²) >= 11 is 0. The van der Waals surface area contributed by atoms with Gasteiger partial charge in [-0.25, -0.2) is 12.8 Å². The molecule has 1 unspecified atom stereocenters. The average Bonchev–Trinajstić information content (AvgIpc) is 2.28. The van der Waals surface area contributed by atoms with Crippen molar-refractivity contribution in [3.8, 4) is 0 Å². The summed E-state index contributed by atoms with van der Waals surface area (Å²) in [5.41, 5.74) is 0. The minimum absolute atomic E-state index is 0.0482. The molecule has 5 nitrogen and oxygen atoms in total. The maximum atomic E-state index is 12.8. The molecule has 0 saturated carbocycles. The van der Waals surface area contributed by atoms with E-state index >= 15 is 0 Å². The standard InChI is InChI=1S/C12H16FNO4S/c1-3-14(9(2)8-12(15)16)19(17,18)11-6-4-10(13)5-7-11/h4-7,9H,3,8H2,1-2H3,(H,15,16). The molecule has 1 aromatic carbocycles. The minimum Gasteiger partial charge on any atom is -0.481 e. The van der Waals surface area contributed by atoms with Gasteiger partial charge in [0.15, 0.2) is 0 Å². The Bertz CT molecular complexity index is 541. The van der Waals surface area contributed by atoms with E-state index in [0.29, 0.717) is 0 Å². The van der Waals surface area contributed by atoms with Crippen molar-refractivity contribution in [3.63, 3.8) is 0 Å². The van der Waals surface area contributed by atoms with Crippen LogP contribution < -0.4 is 0 Å². The van der Waals surface area contributed by atoms with Gasteiger partial charge in [0.05, 0.1) is 11.3 Å². The zero-order chi connectivity index (χ0) is 14.6. The van der Waals surface area contributed by atoms with E-state index in [1.807, 2.05) is 0 Å². The second kappa shape index (κ2) is 6.12. The molecular weight excluding hydrogens is 273 g/mol. The van der Waals surface area contributed by atoms with Gasteiger partial charge < -0.3 is 5.11 Å². The van der Waals surface area contributed by atoms with Crippen LogP contribution in [-0.2, 0) is 14.8 Å². The smallest absolute Gasteiger partial charge is 0.304 e. The van der Waals surface area contributed by atoms with Crippen LogP contribution >= 0.6 is 0 Å². The van der Waals surface area contributed by atoms with Gasteiger partial charge in [-0.1, -0.05) is 6.92 Å². The van der Waals surface area contributed by atoms with E-state index in [1.54, 1.807) is 6.92 Å². The molecule has 106 valence electrons. The molecule has 0 aliphatic rings. The fourth-order valence-corrected chi connectivity index (χ4v) is 3.45. The largest absolute Gasteiger partial charge is 0.481 e. The third-order valence-corrected chi connectivity index (χ3v) is 4.80. The molecule has 0 aromatic heterocycles. The van der Waals surface area contributed by atoms with Crippen LogP contribution in [-0.4, -0.2) is 36.4 Å². The number of hydrogen-bond donors (Lipinski definition) is 1. The molecule has 7 heteroatoms. The van der Waals surface area contributed by atoms with Crippen LogP contribution in [0.3, 0.4) is 0 Å². The number of benzene rings is 1. The second-order valence-corrected chi connectivity index (χ2v) is 6.00. The van der Waals surface area contributed by atoms with Gasteiger partial charge in [-0.3, -0.25) is 4.79 Å². The number of hydrogen-bond acceptors (Lipinski definition) is 3. The second-order valence-electron chi connectivity index (χ2n) is 4.11. The van der Waals surface area contributed by atoms with Gasteiger partial charge in [-0.05, 0) is 31.2 Å². The molecule has 1 atom stereocenters. The molecule has 0 aliphatic carbocycles. The average molecular weight is 289 g/mol. The van der Waals surface area contributed by atoms with E-state index in [2.05, 4.69) is 0 Å². The summed E-state index contributed by atoms with van der Waals surface area (Å²) in [4.78, 5) is 10.6. The summed E-state index contributed by atoms with van der Waals surface area (Å²) in [5, 5.41) is 8.73. The van der Waals surface area contributed by atoms with Crippen LogP contribution in [0.4, 0.5) is 4.39 Å². The molecule has 0 heterocycles. The topological polar surface area (TPSA) is 74.7 Å². The quantitative estimate of drug-likeness (QED) is 0.865. The number of nitrogens with zero attached hydrogens (tertiary/aromatic N) is 1. The van der Waals surface area contributed by atoms with Crippen LogP contribution in [0.2, 0.25) is 0 Å². The Morgan fingerprint density at radius 2 is 1.89 bits per heavy atom. The molecule has 1 N–H and O–H groups in total. The zero-order valence-electron chi connectivity index (χ0n) is 10.7. The lowest BCUT2D eigenvalue weighted by molar-refractivity contribution is -0.137. The van der Waals surface area contributed by atoms with E-state index in [1.165, 1.54) is 19.1 Å². The number of sulfonamides is 1. The maximum Gasteiger partial charge on any atom is 0.304 e. The van der Waals surface area contributed by atoms with Gasteiger partial charge in [-0.15, -0.1) is 0 Å². The molecule has 0 radical (unpaired) electrons. The Morgan fingerprint density at radius 3 is 2.32 bits per heavy atom. The summed E-state index contributed by atoms with van der Waals surface area (Å²) in [6, 6.07) is 3.78. The number of aliphatic carboxylic acids is 1. The highest BCUT2D eigenvalue weighted by molar-refractivity contribution is 7.89. The van der Waals surface area contributed by atoms with Crippen LogP contribution in [0.25, 0.3) is 0 Å². The highest BCUT2D eigenvalue weighted by atomic mass is 32.2. The minimum atomic E-state index is -3.81. The fraction of sp³-hybridized carbons (Fsp3) is 0.417. The summed E-state index contributed by atoms with van der Waals surface area (Å²) in [5.74, 6) is -1.60. The SMILES string of the molecule is CCN(C(C)CC(=O)O)S(=O)(=O)c1ccc(F)cc1. The van der Waals surface area contributed by atoms with Gasteiger partial charge in [-0.2, -0.15) is 4.31 Å². The Hall–Kier alpha value is -1.47. The number of rotatable bonds is 6. The van der Waals surface area contributed by atoms with Crippen molar-refractivity contribution in [2.45, 2.75) is 31.2 Å². The van der Waals surface area contributed by atoms with Crippen molar-refractivity contribution < 1.29 is 22.7 Å². The van der Waals surface area contributed by atoms with Crippen molar-refractivity contribution in [2.75, 3.05) is 6.54 Å². The van der Waals surface area contributed by atoms with Crippen molar-refractivity contribution in [1.29, 1.82) is 0 Å². The number of carboxylic acids is 1. The monoisotopic (exact) mass is 289 g/mol. The van der Waals surface area contributed by atoms with E-state index in [9.17, 15) is 17.6 Å². The normalized spacial score (nSPS) is 13.5. The van der Waals surface area contributed by atoms with Gasteiger partial charge in [0.2, 0.25) is 10.0 Å². The summed E-state index contributed by atoms with van der Waals surface area (Å²) in [6.45, 7) is 3.30. The van der Waals surface area contributed by atoms with Crippen LogP contribution in [0, 0.1) is 5.82 Å². The first-order valence-corrected chi connectivity index (χ1v) is 7.22. The molecule has 1 rings (SSSR count). The predicted molar refractivity (Wildman–Crippen MR) is 67.7 cm³/mol. The molecule has 0 aliphatic heterocycles. The summed E-state index contributed by atoms with van der Waals surface area (Å²) in [7, 11) is -3.81. The Kier molecular flexibility index (Phi) is 5.02. The van der Waals surface area contributed by atoms with E-state index in [4.69, 9.17) is 5.11 Å². The Morgan fingerprint density at radius 1 is 1.37 bits per heavy atom. The first kappa shape index (κ1) is 15.6. The summed E-state index contributed by atoms with van der Waals surface area (Å²) < 4.78 is 38.5.